The zero-order valence-corrected chi connectivity index (χ0v) is 10.3. The molecule has 94 valence electrons. The summed E-state index contributed by atoms with van der Waals surface area (Å²) in [5, 5.41) is 1.26. The van der Waals surface area contributed by atoms with Crippen LogP contribution in [0.5, 0.6) is 0 Å². The van der Waals surface area contributed by atoms with E-state index in [1.54, 1.807) is 18.2 Å². The van der Waals surface area contributed by atoms with Gasteiger partial charge in [0.15, 0.2) is 0 Å². The smallest absolute Gasteiger partial charge is 0.149 e. The van der Waals surface area contributed by atoms with Crippen molar-refractivity contribution in [2.24, 2.45) is 0 Å². The zero-order valence-electron chi connectivity index (χ0n) is 10.3. The van der Waals surface area contributed by atoms with Crippen molar-refractivity contribution in [2.45, 2.75) is 6.92 Å². The first-order valence-corrected chi connectivity index (χ1v) is 5.96. The molecule has 0 aliphatic rings. The summed E-state index contributed by atoms with van der Waals surface area (Å²) >= 11 is 0. The van der Waals surface area contributed by atoms with Gasteiger partial charge in [0.25, 0.3) is 0 Å². The number of nitrogens with zero attached hydrogens (tertiary/aromatic N) is 1. The molecule has 0 amide bonds. The topological polar surface area (TPSA) is 12.9 Å². The highest BCUT2D eigenvalue weighted by Crippen LogP contribution is 2.30. The van der Waals surface area contributed by atoms with Crippen LogP contribution in [0.25, 0.3) is 22.0 Å². The normalized spacial score (nSPS) is 10.9. The quantitative estimate of drug-likeness (QED) is 0.624. The van der Waals surface area contributed by atoms with Gasteiger partial charge in [0, 0.05) is 16.3 Å². The van der Waals surface area contributed by atoms with Gasteiger partial charge in [-0.1, -0.05) is 24.3 Å². The van der Waals surface area contributed by atoms with E-state index in [-0.39, 0.29) is 11.6 Å². The van der Waals surface area contributed by atoms with Gasteiger partial charge in [0.1, 0.15) is 11.6 Å². The molecule has 0 aliphatic heterocycles. The summed E-state index contributed by atoms with van der Waals surface area (Å²) in [5.74, 6) is -0.633. The number of rotatable bonds is 1. The fraction of sp³-hybridized carbons (Fsp3) is 0.0625. The van der Waals surface area contributed by atoms with Gasteiger partial charge < -0.3 is 0 Å². The molecule has 0 radical (unpaired) electrons. The fourth-order valence-corrected chi connectivity index (χ4v) is 2.27. The SMILES string of the molecule is Cc1cc(F)ccc1-c1ncc(F)c2ccccc12. The van der Waals surface area contributed by atoms with Crippen LogP contribution in [0, 0.1) is 18.6 Å². The summed E-state index contributed by atoms with van der Waals surface area (Å²) in [4.78, 5) is 4.17. The maximum absolute atomic E-state index is 13.7. The Bertz CT molecular complexity index is 766. The molecule has 1 nitrogen and oxygen atoms in total. The Labute approximate surface area is 109 Å². The second-order valence-electron chi connectivity index (χ2n) is 4.46. The minimum Gasteiger partial charge on any atom is -0.253 e. The van der Waals surface area contributed by atoms with Gasteiger partial charge in [-0.05, 0) is 30.7 Å². The highest BCUT2D eigenvalue weighted by molar-refractivity contribution is 5.95. The average molecular weight is 255 g/mol. The molecule has 0 N–H and O–H groups in total. The first kappa shape index (κ1) is 11.8. The highest BCUT2D eigenvalue weighted by Gasteiger charge is 2.11. The average Bonchev–Trinajstić information content (AvgIpc) is 2.41. The Hall–Kier alpha value is -2.29. The number of pyridine rings is 1. The lowest BCUT2D eigenvalue weighted by Gasteiger charge is -2.09. The second kappa shape index (κ2) is 4.43. The molecule has 1 aromatic heterocycles. The molecular formula is C16H11F2N. The van der Waals surface area contributed by atoms with E-state index in [0.717, 1.165) is 16.5 Å². The third-order valence-corrected chi connectivity index (χ3v) is 3.19. The van der Waals surface area contributed by atoms with Crippen LogP contribution in [0.4, 0.5) is 8.78 Å². The Balaban J connectivity index is 2.34. The van der Waals surface area contributed by atoms with Gasteiger partial charge in [0.05, 0.1) is 11.9 Å². The standard InChI is InChI=1S/C16H11F2N/c1-10-8-11(17)6-7-12(10)16-14-5-3-2-4-13(14)15(18)9-19-16/h2-9H,1H3. The van der Waals surface area contributed by atoms with Crippen molar-refractivity contribution in [3.05, 3.63) is 65.9 Å². The van der Waals surface area contributed by atoms with Crippen molar-refractivity contribution in [1.82, 2.24) is 4.98 Å². The lowest BCUT2D eigenvalue weighted by Crippen LogP contribution is -1.92. The zero-order chi connectivity index (χ0) is 13.4. The largest absolute Gasteiger partial charge is 0.253 e. The molecular weight excluding hydrogens is 244 g/mol. The molecule has 2 aromatic carbocycles. The molecule has 19 heavy (non-hydrogen) atoms. The molecule has 0 atom stereocenters. The van der Waals surface area contributed by atoms with Crippen molar-refractivity contribution < 1.29 is 8.78 Å². The van der Waals surface area contributed by atoms with E-state index in [1.807, 2.05) is 19.1 Å². The second-order valence-corrected chi connectivity index (χ2v) is 4.46. The molecule has 0 unspecified atom stereocenters. The number of hydrogen-bond acceptors (Lipinski definition) is 1. The van der Waals surface area contributed by atoms with Gasteiger partial charge in [0.2, 0.25) is 0 Å². The molecule has 3 heteroatoms. The minimum absolute atomic E-state index is 0.285. The summed E-state index contributed by atoms with van der Waals surface area (Å²) in [7, 11) is 0. The summed E-state index contributed by atoms with van der Waals surface area (Å²) in [6.45, 7) is 1.82. The molecule has 3 aromatic rings. The summed E-state index contributed by atoms with van der Waals surface area (Å²) in [6, 6.07) is 11.7. The third-order valence-electron chi connectivity index (χ3n) is 3.19. The van der Waals surface area contributed by atoms with E-state index in [0.29, 0.717) is 11.1 Å². The summed E-state index contributed by atoms with van der Waals surface area (Å²) < 4.78 is 26.9. The predicted molar refractivity (Wildman–Crippen MR) is 71.8 cm³/mol. The van der Waals surface area contributed by atoms with Gasteiger partial charge in [-0.15, -0.1) is 0 Å². The molecule has 3 rings (SSSR count). The maximum atomic E-state index is 13.7. The van der Waals surface area contributed by atoms with E-state index in [2.05, 4.69) is 4.98 Å². The molecule has 0 fully saturated rings. The first-order chi connectivity index (χ1) is 9.16. The number of hydrogen-bond donors (Lipinski definition) is 0. The van der Waals surface area contributed by atoms with Crippen LogP contribution >= 0.6 is 0 Å². The summed E-state index contributed by atoms with van der Waals surface area (Å²) in [5.41, 5.74) is 2.27. The first-order valence-electron chi connectivity index (χ1n) is 5.96. The maximum Gasteiger partial charge on any atom is 0.149 e. The van der Waals surface area contributed by atoms with Crippen LogP contribution in [0.15, 0.2) is 48.7 Å². The van der Waals surface area contributed by atoms with Gasteiger partial charge in [-0.2, -0.15) is 0 Å². The van der Waals surface area contributed by atoms with Crippen LogP contribution in [-0.4, -0.2) is 4.98 Å². The van der Waals surface area contributed by atoms with Crippen LogP contribution in [0.3, 0.4) is 0 Å². The van der Waals surface area contributed by atoms with Crippen LogP contribution in [0.2, 0.25) is 0 Å². The Morgan fingerprint density at radius 1 is 0.947 bits per heavy atom. The van der Waals surface area contributed by atoms with Crippen molar-refractivity contribution in [3.8, 4) is 11.3 Å². The number of fused-ring (bicyclic) bond motifs is 1. The molecule has 0 saturated carbocycles. The van der Waals surface area contributed by atoms with Crippen LogP contribution < -0.4 is 0 Å². The van der Waals surface area contributed by atoms with Gasteiger partial charge in [-0.3, -0.25) is 4.98 Å². The van der Waals surface area contributed by atoms with Crippen molar-refractivity contribution in [3.63, 3.8) is 0 Å². The molecule has 0 bridgehead atoms. The number of halogens is 2. The van der Waals surface area contributed by atoms with E-state index in [4.69, 9.17) is 0 Å². The predicted octanol–water partition coefficient (Wildman–Crippen LogP) is 4.49. The molecule has 1 heterocycles. The molecule has 0 spiro atoms. The van der Waals surface area contributed by atoms with Crippen molar-refractivity contribution in [1.29, 1.82) is 0 Å². The molecule has 0 saturated heterocycles. The monoisotopic (exact) mass is 255 g/mol. The van der Waals surface area contributed by atoms with E-state index >= 15 is 0 Å². The lowest BCUT2D eigenvalue weighted by atomic mass is 10.00. The van der Waals surface area contributed by atoms with Crippen molar-refractivity contribution >= 4 is 10.8 Å². The van der Waals surface area contributed by atoms with E-state index in [9.17, 15) is 8.78 Å². The number of benzene rings is 2. The minimum atomic E-state index is -0.348. The Kier molecular flexibility index (Phi) is 2.75. The van der Waals surface area contributed by atoms with E-state index in [1.165, 1.54) is 18.3 Å². The Morgan fingerprint density at radius 3 is 2.42 bits per heavy atom. The number of aromatic nitrogens is 1. The summed E-state index contributed by atoms with van der Waals surface area (Å²) in [6.07, 6.45) is 1.21. The Morgan fingerprint density at radius 2 is 1.68 bits per heavy atom. The fourth-order valence-electron chi connectivity index (χ4n) is 2.27. The lowest BCUT2D eigenvalue weighted by molar-refractivity contribution is 0.626. The van der Waals surface area contributed by atoms with Crippen LogP contribution in [0.1, 0.15) is 5.56 Å². The molecule has 0 aliphatic carbocycles. The van der Waals surface area contributed by atoms with Crippen LogP contribution in [-0.2, 0) is 0 Å². The van der Waals surface area contributed by atoms with Gasteiger partial charge in [-0.25, -0.2) is 8.78 Å². The number of aryl methyl sites for hydroxylation is 1. The van der Waals surface area contributed by atoms with Crippen molar-refractivity contribution in [2.75, 3.05) is 0 Å². The van der Waals surface area contributed by atoms with E-state index < -0.39 is 0 Å². The van der Waals surface area contributed by atoms with Gasteiger partial charge >= 0.3 is 0 Å². The highest BCUT2D eigenvalue weighted by atomic mass is 19.1. The third kappa shape index (κ3) is 1.97.